The summed E-state index contributed by atoms with van der Waals surface area (Å²) in [5.41, 5.74) is -0.467. The summed E-state index contributed by atoms with van der Waals surface area (Å²) in [6, 6.07) is 11.8. The van der Waals surface area contributed by atoms with E-state index in [1.54, 1.807) is 12.1 Å². The molecule has 0 spiro atoms. The van der Waals surface area contributed by atoms with Crippen LogP contribution in [0.2, 0.25) is 0 Å². The second kappa shape index (κ2) is 12.1. The van der Waals surface area contributed by atoms with E-state index in [-0.39, 0.29) is 91.0 Å². The highest BCUT2D eigenvalue weighted by Gasteiger charge is 2.46. The number of ether oxygens (including phenoxy) is 2. The number of para-hydroxylation sites is 2. The largest absolute Gasteiger partial charge is 0.507 e. The van der Waals surface area contributed by atoms with Crippen molar-refractivity contribution in [2.45, 2.75) is 50.7 Å². The fourth-order valence-electron chi connectivity index (χ4n) is 6.84. The van der Waals surface area contributed by atoms with Crippen LogP contribution in [0.3, 0.4) is 0 Å². The second-order valence-corrected chi connectivity index (χ2v) is 13.1. The molecule has 0 unspecified atom stereocenters. The smallest absolute Gasteiger partial charge is 0.204 e. The number of rotatable bonds is 2. The number of hydrogen-bond acceptors (Lipinski definition) is 12. The first-order valence-corrected chi connectivity index (χ1v) is 15.2. The summed E-state index contributed by atoms with van der Waals surface area (Å²) in [5.74, 6) is -0.0868. The van der Waals surface area contributed by atoms with E-state index in [0.29, 0.717) is 22.6 Å². The zero-order chi connectivity index (χ0) is 34.4. The van der Waals surface area contributed by atoms with Crippen LogP contribution in [0.15, 0.2) is 67.0 Å². The summed E-state index contributed by atoms with van der Waals surface area (Å²) in [5, 5.41) is 60.3. The van der Waals surface area contributed by atoms with E-state index in [9.17, 15) is 40.2 Å². The Morgan fingerprint density at radius 3 is 1.28 bits per heavy atom. The molecule has 0 aliphatic carbocycles. The summed E-state index contributed by atoms with van der Waals surface area (Å²) in [6.07, 6.45) is -1.05. The molecule has 14 nitrogen and oxygen atoms in total. The van der Waals surface area contributed by atoms with Gasteiger partial charge in [-0.25, -0.2) is 0 Å². The van der Waals surface area contributed by atoms with Gasteiger partial charge in [0.1, 0.15) is 57.1 Å². The fraction of sp³-hybridized carbons (Fsp3) is 0.278. The summed E-state index contributed by atoms with van der Waals surface area (Å²) >= 11 is 0. The Balaban J connectivity index is 0.000000187. The normalized spacial score (nSPS) is 18.0. The van der Waals surface area contributed by atoms with E-state index in [0.717, 1.165) is 0 Å². The highest BCUT2D eigenvalue weighted by atomic mass is 16.5. The molecule has 2 aliphatic rings. The Bertz CT molecular complexity index is 2270. The first kappa shape index (κ1) is 35.8. The van der Waals surface area contributed by atoms with Crippen molar-refractivity contribution in [3.63, 3.8) is 0 Å². The number of benzene rings is 4. The molecule has 4 heterocycles. The molecule has 50 heavy (non-hydrogen) atoms. The molecular weight excluding hydrogens is 656 g/mol. The summed E-state index contributed by atoms with van der Waals surface area (Å²) in [4.78, 5) is 25.6. The first-order chi connectivity index (χ1) is 22.7. The van der Waals surface area contributed by atoms with E-state index in [4.69, 9.17) is 18.3 Å². The molecule has 0 radical (unpaired) electrons. The Kier molecular flexibility index (Phi) is 8.66. The Morgan fingerprint density at radius 2 is 0.940 bits per heavy atom. The van der Waals surface area contributed by atoms with Crippen LogP contribution in [0.4, 0.5) is 0 Å². The van der Waals surface area contributed by atoms with Crippen molar-refractivity contribution in [3.05, 3.63) is 80.1 Å². The molecule has 0 saturated heterocycles. The van der Waals surface area contributed by atoms with Crippen molar-refractivity contribution < 1.29 is 59.9 Å². The number of fused-ring (bicyclic) bond motifs is 8. The molecule has 8 rings (SSSR count). The van der Waals surface area contributed by atoms with Crippen molar-refractivity contribution in [1.29, 1.82) is 0 Å². The van der Waals surface area contributed by atoms with E-state index in [2.05, 4.69) is 0 Å². The predicted molar refractivity (Wildman–Crippen MR) is 183 cm³/mol. The van der Waals surface area contributed by atoms with Gasteiger partial charge in [0, 0.05) is 34.1 Å². The van der Waals surface area contributed by atoms with Gasteiger partial charge in [-0.2, -0.15) is 0 Å². The van der Waals surface area contributed by atoms with E-state index in [1.807, 2.05) is 27.7 Å². The highest BCUT2D eigenvalue weighted by molar-refractivity contribution is 5.99. The van der Waals surface area contributed by atoms with Crippen molar-refractivity contribution in [2.75, 3.05) is 13.2 Å². The van der Waals surface area contributed by atoms with E-state index in [1.165, 1.54) is 36.4 Å². The predicted octanol–water partition coefficient (Wildman–Crippen LogP) is 3.13. The number of phenolic OH excluding ortho intramolecular Hbond substituents is 4. The fourth-order valence-corrected chi connectivity index (χ4v) is 6.84. The molecule has 264 valence electrons. The SMILES string of the molecule is CC1(C)c2c(cc(O)c3c(=O)c4cccc(O)c4oc23)O[C@H]1CO.CC1(C)c2c(cc(O)c3c(=O)c4cccc(O)c4oc23)O[C@H]1CO.O.O. The molecule has 2 aromatic heterocycles. The minimum absolute atomic E-state index is 0. The molecule has 2 atom stereocenters. The lowest BCUT2D eigenvalue weighted by Crippen LogP contribution is -2.35. The zero-order valence-electron chi connectivity index (χ0n) is 27.3. The zero-order valence-corrected chi connectivity index (χ0v) is 27.3. The topological polar surface area (TPSA) is 263 Å². The minimum atomic E-state index is -0.635. The van der Waals surface area contributed by atoms with Gasteiger partial charge in [-0.05, 0) is 24.3 Å². The molecule has 10 N–H and O–H groups in total. The van der Waals surface area contributed by atoms with Gasteiger partial charge in [-0.1, -0.05) is 39.8 Å². The third-order valence-corrected chi connectivity index (χ3v) is 9.56. The van der Waals surface area contributed by atoms with Crippen LogP contribution >= 0.6 is 0 Å². The highest BCUT2D eigenvalue weighted by Crippen LogP contribution is 2.50. The molecular formula is C36H36O14. The maximum Gasteiger partial charge on any atom is 0.204 e. The third kappa shape index (κ3) is 4.87. The van der Waals surface area contributed by atoms with E-state index < -0.39 is 33.9 Å². The lowest BCUT2D eigenvalue weighted by Gasteiger charge is -2.24. The maximum atomic E-state index is 12.8. The second-order valence-electron chi connectivity index (χ2n) is 13.1. The molecule has 2 aliphatic heterocycles. The van der Waals surface area contributed by atoms with Crippen LogP contribution in [0.1, 0.15) is 38.8 Å². The van der Waals surface area contributed by atoms with Gasteiger partial charge in [-0.3, -0.25) is 9.59 Å². The summed E-state index contributed by atoms with van der Waals surface area (Å²) in [6.45, 7) is 7.03. The van der Waals surface area contributed by atoms with Crippen LogP contribution in [0, 0.1) is 0 Å². The lowest BCUT2D eigenvalue weighted by molar-refractivity contribution is 0.0888. The molecule has 0 saturated carbocycles. The van der Waals surface area contributed by atoms with Crippen molar-refractivity contribution >= 4 is 43.9 Å². The molecule has 4 aromatic carbocycles. The van der Waals surface area contributed by atoms with Gasteiger partial charge in [0.05, 0.1) is 24.0 Å². The number of aliphatic hydroxyl groups is 2. The van der Waals surface area contributed by atoms with Crippen LogP contribution in [-0.2, 0) is 10.8 Å². The maximum absolute atomic E-state index is 12.8. The van der Waals surface area contributed by atoms with Gasteiger partial charge >= 0.3 is 0 Å². The molecule has 0 amide bonds. The summed E-state index contributed by atoms with van der Waals surface area (Å²) in [7, 11) is 0. The van der Waals surface area contributed by atoms with Gasteiger partial charge in [0.2, 0.25) is 10.9 Å². The molecule has 6 aromatic rings. The van der Waals surface area contributed by atoms with Crippen LogP contribution in [-0.4, -0.2) is 67.0 Å². The standard InChI is InChI=1S/2C18H16O6.2H2O/c2*1-18(2)12(7-19)23-11-6-10(21)13-15(22)8-4-3-5-9(20)16(8)24-17(13)14(11)18;;/h2*3-6,12,19-21H,7H2,1-2H3;2*1H2/t2*12-;;/m00../s1. The number of phenols is 4. The molecule has 0 fully saturated rings. The van der Waals surface area contributed by atoms with Gasteiger partial charge in [0.25, 0.3) is 0 Å². The number of aliphatic hydroxyl groups excluding tert-OH is 2. The Morgan fingerprint density at radius 1 is 0.580 bits per heavy atom. The third-order valence-electron chi connectivity index (χ3n) is 9.56. The molecule has 0 bridgehead atoms. The van der Waals surface area contributed by atoms with Gasteiger partial charge in [-0.15, -0.1) is 0 Å². The monoisotopic (exact) mass is 692 g/mol. The van der Waals surface area contributed by atoms with Crippen LogP contribution in [0.5, 0.6) is 34.5 Å². The Labute approximate surface area is 282 Å². The molecule has 14 heteroatoms. The van der Waals surface area contributed by atoms with Crippen molar-refractivity contribution in [2.24, 2.45) is 0 Å². The number of aromatic hydroxyl groups is 4. The summed E-state index contributed by atoms with van der Waals surface area (Å²) < 4.78 is 23.1. The first-order valence-electron chi connectivity index (χ1n) is 15.2. The average molecular weight is 693 g/mol. The number of hydrogen-bond donors (Lipinski definition) is 6. The quantitative estimate of drug-likeness (QED) is 0.143. The average Bonchev–Trinajstić information content (AvgIpc) is 3.45. The van der Waals surface area contributed by atoms with Gasteiger partial charge in [0.15, 0.2) is 22.7 Å². The van der Waals surface area contributed by atoms with Crippen LogP contribution < -0.4 is 20.3 Å². The lowest BCUT2D eigenvalue weighted by atomic mass is 9.80. The van der Waals surface area contributed by atoms with Crippen molar-refractivity contribution in [1.82, 2.24) is 0 Å². The van der Waals surface area contributed by atoms with Crippen molar-refractivity contribution in [3.8, 4) is 34.5 Å². The minimum Gasteiger partial charge on any atom is -0.507 e. The van der Waals surface area contributed by atoms with Gasteiger partial charge < -0.3 is 59.9 Å². The Hall–Kier alpha value is -5.54. The van der Waals surface area contributed by atoms with E-state index >= 15 is 0 Å². The van der Waals surface area contributed by atoms with Crippen LogP contribution in [0.25, 0.3) is 43.9 Å².